The van der Waals surface area contributed by atoms with E-state index in [1.165, 1.54) is 0 Å². The molecule has 5 nitrogen and oxygen atoms in total. The third-order valence-electron chi connectivity index (χ3n) is 1.42. The molecule has 0 saturated carbocycles. The minimum Gasteiger partial charge on any atom is -0.303 e. The van der Waals surface area contributed by atoms with E-state index in [4.69, 9.17) is 0 Å². The van der Waals surface area contributed by atoms with Gasteiger partial charge in [0.15, 0.2) is 5.65 Å². The summed E-state index contributed by atoms with van der Waals surface area (Å²) in [7, 11) is 0. The number of rotatable bonds is 0. The van der Waals surface area contributed by atoms with Gasteiger partial charge in [-0.3, -0.25) is 10.1 Å². The van der Waals surface area contributed by atoms with Crippen LogP contribution in [0.1, 0.15) is 5.69 Å². The van der Waals surface area contributed by atoms with E-state index in [-0.39, 0.29) is 5.69 Å². The van der Waals surface area contributed by atoms with Crippen molar-refractivity contribution in [3.05, 3.63) is 16.2 Å². The molecule has 3 N–H and O–H groups in total. The highest BCUT2D eigenvalue weighted by Crippen LogP contribution is 2.05. The summed E-state index contributed by atoms with van der Waals surface area (Å²) in [5.74, 6) is 0. The van der Waals surface area contributed by atoms with Crippen molar-refractivity contribution in [2.45, 2.75) is 6.92 Å². The zero-order valence-corrected chi connectivity index (χ0v) is 5.36. The lowest BCUT2D eigenvalue weighted by atomic mass is 10.4. The number of aromatic amines is 3. The van der Waals surface area contributed by atoms with Crippen LogP contribution < -0.4 is 5.69 Å². The predicted octanol–water partition coefficient (Wildman–Crippen LogP) is -0.112. The molecule has 2 heterocycles. The number of fused-ring (bicyclic) bond motifs is 1. The number of nitrogens with one attached hydrogen (secondary N) is 3. The van der Waals surface area contributed by atoms with Gasteiger partial charge in [-0.15, -0.1) is 0 Å². The fraction of sp³-hybridized carbons (Fsp3) is 0.200. The fourth-order valence-electron chi connectivity index (χ4n) is 0.925. The summed E-state index contributed by atoms with van der Waals surface area (Å²) in [6, 6.07) is 0. The molecule has 10 heavy (non-hydrogen) atoms. The third kappa shape index (κ3) is 0.513. The number of nitrogens with zero attached hydrogens (tertiary/aromatic N) is 1. The zero-order chi connectivity index (χ0) is 7.14. The van der Waals surface area contributed by atoms with Crippen molar-refractivity contribution in [1.29, 1.82) is 0 Å². The molecule has 0 radical (unpaired) electrons. The van der Waals surface area contributed by atoms with Crippen LogP contribution in [0.5, 0.6) is 0 Å². The van der Waals surface area contributed by atoms with Crippen LogP contribution >= 0.6 is 0 Å². The summed E-state index contributed by atoms with van der Waals surface area (Å²) in [6.45, 7) is 1.85. The molecule has 5 heteroatoms. The van der Waals surface area contributed by atoms with Gasteiger partial charge in [-0.1, -0.05) is 0 Å². The first-order chi connectivity index (χ1) is 4.77. The van der Waals surface area contributed by atoms with Crippen LogP contribution in [0.25, 0.3) is 11.2 Å². The Balaban J connectivity index is 3.03. The molecule has 0 aromatic carbocycles. The number of aryl methyl sites for hydroxylation is 1. The van der Waals surface area contributed by atoms with E-state index in [0.717, 1.165) is 11.2 Å². The Morgan fingerprint density at radius 1 is 1.40 bits per heavy atom. The Bertz CT molecular complexity index is 406. The average Bonchev–Trinajstić information content (AvgIpc) is 2.35. The molecule has 0 fully saturated rings. The average molecular weight is 138 g/mol. The van der Waals surface area contributed by atoms with Gasteiger partial charge in [-0.25, -0.2) is 4.79 Å². The van der Waals surface area contributed by atoms with Crippen LogP contribution in [0.15, 0.2) is 4.79 Å². The maximum Gasteiger partial charge on any atom is 0.325 e. The fourth-order valence-corrected chi connectivity index (χ4v) is 0.925. The van der Waals surface area contributed by atoms with Crippen LogP contribution in [-0.4, -0.2) is 20.2 Å². The van der Waals surface area contributed by atoms with E-state index in [0.29, 0.717) is 5.65 Å². The predicted molar refractivity (Wildman–Crippen MR) is 35.8 cm³/mol. The quantitative estimate of drug-likeness (QED) is 0.475. The molecule has 2 aromatic heterocycles. The Kier molecular flexibility index (Phi) is 0.791. The number of hydrogen-bond donors (Lipinski definition) is 3. The highest BCUT2D eigenvalue weighted by Gasteiger charge is 2.02. The van der Waals surface area contributed by atoms with Gasteiger partial charge in [0, 0.05) is 0 Å². The molecule has 0 aliphatic heterocycles. The van der Waals surface area contributed by atoms with Crippen LogP contribution in [0, 0.1) is 6.92 Å². The Morgan fingerprint density at radius 2 is 2.20 bits per heavy atom. The van der Waals surface area contributed by atoms with E-state index >= 15 is 0 Å². The summed E-state index contributed by atoms with van der Waals surface area (Å²) in [4.78, 5) is 15.8. The standard InChI is InChI=1S/C5H6N4O/c1-2-3-4(9-8-2)7-5(10)6-3/h1H3,(H3,6,7,8,9,10). The minimum absolute atomic E-state index is 0.213. The van der Waals surface area contributed by atoms with Gasteiger partial charge in [0.2, 0.25) is 0 Å². The maximum atomic E-state index is 10.6. The van der Waals surface area contributed by atoms with E-state index in [1.807, 2.05) is 6.92 Å². The van der Waals surface area contributed by atoms with Crippen molar-refractivity contribution < 1.29 is 0 Å². The Morgan fingerprint density at radius 3 is 2.90 bits per heavy atom. The largest absolute Gasteiger partial charge is 0.325 e. The van der Waals surface area contributed by atoms with Gasteiger partial charge < -0.3 is 4.98 Å². The molecular formula is C5H6N4O. The molecule has 0 amide bonds. The molecule has 0 aliphatic carbocycles. The molecule has 0 saturated heterocycles. The summed E-state index contributed by atoms with van der Waals surface area (Å²) in [5.41, 5.74) is 2.00. The van der Waals surface area contributed by atoms with Crippen molar-refractivity contribution in [1.82, 2.24) is 20.2 Å². The normalized spacial score (nSPS) is 10.9. The van der Waals surface area contributed by atoms with E-state index in [2.05, 4.69) is 20.2 Å². The lowest BCUT2D eigenvalue weighted by Gasteiger charge is -1.75. The van der Waals surface area contributed by atoms with Crippen LogP contribution in [0.4, 0.5) is 0 Å². The van der Waals surface area contributed by atoms with Gasteiger partial charge in [0.05, 0.1) is 5.69 Å². The summed E-state index contributed by atoms with van der Waals surface area (Å²) >= 11 is 0. The van der Waals surface area contributed by atoms with Gasteiger partial charge in [-0.2, -0.15) is 5.10 Å². The smallest absolute Gasteiger partial charge is 0.303 e. The topological polar surface area (TPSA) is 77.3 Å². The molecule has 2 rings (SSSR count). The third-order valence-corrected chi connectivity index (χ3v) is 1.42. The van der Waals surface area contributed by atoms with Crippen molar-refractivity contribution in [2.75, 3.05) is 0 Å². The molecule has 52 valence electrons. The molecule has 0 aliphatic rings. The number of hydrogen-bond acceptors (Lipinski definition) is 2. The van der Waals surface area contributed by atoms with Crippen molar-refractivity contribution in [3.63, 3.8) is 0 Å². The minimum atomic E-state index is -0.213. The first kappa shape index (κ1) is 5.28. The second-order valence-corrected chi connectivity index (χ2v) is 2.15. The molecule has 0 atom stereocenters. The molecule has 2 aromatic rings. The van der Waals surface area contributed by atoms with Crippen molar-refractivity contribution in [3.8, 4) is 0 Å². The summed E-state index contributed by atoms with van der Waals surface area (Å²) < 4.78 is 0. The van der Waals surface area contributed by atoms with Gasteiger partial charge >= 0.3 is 5.69 Å². The van der Waals surface area contributed by atoms with Crippen LogP contribution in [-0.2, 0) is 0 Å². The second-order valence-electron chi connectivity index (χ2n) is 2.15. The van der Waals surface area contributed by atoms with E-state index in [1.54, 1.807) is 0 Å². The van der Waals surface area contributed by atoms with Gasteiger partial charge in [-0.05, 0) is 6.92 Å². The summed E-state index contributed by atoms with van der Waals surface area (Å²) in [5, 5.41) is 6.56. The molecular weight excluding hydrogens is 132 g/mol. The number of H-pyrrole nitrogens is 3. The van der Waals surface area contributed by atoms with Gasteiger partial charge in [0.25, 0.3) is 0 Å². The second kappa shape index (κ2) is 1.50. The summed E-state index contributed by atoms with van der Waals surface area (Å²) in [6.07, 6.45) is 0. The first-order valence-corrected chi connectivity index (χ1v) is 2.90. The SMILES string of the molecule is Cc1[nH]nc2[nH]c(=O)[nH]c12. The van der Waals surface area contributed by atoms with Crippen molar-refractivity contribution in [2.24, 2.45) is 0 Å². The monoisotopic (exact) mass is 138 g/mol. The lowest BCUT2D eigenvalue weighted by molar-refractivity contribution is 1.03. The maximum absolute atomic E-state index is 10.6. The lowest BCUT2D eigenvalue weighted by Crippen LogP contribution is -2.00. The van der Waals surface area contributed by atoms with E-state index < -0.39 is 0 Å². The highest BCUT2D eigenvalue weighted by atomic mass is 16.1. The van der Waals surface area contributed by atoms with Crippen molar-refractivity contribution >= 4 is 11.2 Å². The van der Waals surface area contributed by atoms with Crippen LogP contribution in [0.3, 0.4) is 0 Å². The van der Waals surface area contributed by atoms with Crippen LogP contribution in [0.2, 0.25) is 0 Å². The molecule has 0 spiro atoms. The molecule has 0 unspecified atom stereocenters. The first-order valence-electron chi connectivity index (χ1n) is 2.90. The Labute approximate surface area is 55.5 Å². The number of aromatic nitrogens is 4. The Hall–Kier alpha value is -1.52. The van der Waals surface area contributed by atoms with Gasteiger partial charge in [0.1, 0.15) is 5.52 Å². The van der Waals surface area contributed by atoms with E-state index in [9.17, 15) is 4.79 Å². The zero-order valence-electron chi connectivity index (χ0n) is 5.36. The highest BCUT2D eigenvalue weighted by molar-refractivity contribution is 5.72. The molecule has 0 bridgehead atoms. The number of imidazole rings is 1.